The molecule has 0 N–H and O–H groups in total. The molecule has 0 amide bonds. The fourth-order valence-corrected chi connectivity index (χ4v) is 1.75. The smallest absolute Gasteiger partial charge is 0.339 e. The van der Waals surface area contributed by atoms with Gasteiger partial charge in [0.1, 0.15) is 0 Å². The Morgan fingerprint density at radius 1 is 0.909 bits per heavy atom. The third-order valence-corrected chi connectivity index (χ3v) is 4.23. The van der Waals surface area contributed by atoms with Crippen LogP contribution in [0.3, 0.4) is 0 Å². The third-order valence-electron chi connectivity index (χ3n) is 2.99. The molecule has 1 rings (SSSR count). The van der Waals surface area contributed by atoms with Crippen molar-refractivity contribution in [2.45, 2.75) is 13.8 Å². The summed E-state index contributed by atoms with van der Waals surface area (Å²) in [4.78, 5) is 24.2. The van der Waals surface area contributed by atoms with Crippen LogP contribution in [0, 0.1) is 11.8 Å². The molecule has 0 bridgehead atoms. The normalized spacial score (nSPS) is 13.3. The molecule has 6 heteroatoms. The quantitative estimate of drug-likeness (QED) is 0.563. The molecule has 1 aromatic carbocycles. The minimum atomic E-state index is -0.525. The summed E-state index contributed by atoms with van der Waals surface area (Å²) in [5.74, 6) is 0.508. The van der Waals surface area contributed by atoms with E-state index in [4.69, 9.17) is 9.47 Å². The van der Waals surface area contributed by atoms with E-state index in [1.165, 1.54) is 0 Å². The Balaban J connectivity index is 2.76. The zero-order valence-corrected chi connectivity index (χ0v) is 14.6. The van der Waals surface area contributed by atoms with Crippen molar-refractivity contribution < 1.29 is 19.1 Å². The highest BCUT2D eigenvalue weighted by molar-refractivity contribution is 7.80. The summed E-state index contributed by atoms with van der Waals surface area (Å²) in [5.41, 5.74) is 0.440. The Morgan fingerprint density at radius 3 is 1.59 bits per heavy atom. The highest BCUT2D eigenvalue weighted by Gasteiger charge is 2.20. The molecule has 0 radical (unpaired) electrons. The summed E-state index contributed by atoms with van der Waals surface area (Å²) in [6, 6.07) is 6.50. The molecule has 0 heterocycles. The fourth-order valence-electron chi connectivity index (χ4n) is 1.54. The molecule has 122 valence electrons. The molecule has 0 saturated heterocycles. The number of hydrogen-bond acceptors (Lipinski definition) is 6. The lowest BCUT2D eigenvalue weighted by molar-refractivity contribution is 0.0415. The molecule has 2 atom stereocenters. The van der Waals surface area contributed by atoms with E-state index in [1.807, 2.05) is 13.8 Å². The number of ether oxygens (including phenoxy) is 2. The lowest BCUT2D eigenvalue weighted by Gasteiger charge is -2.13. The molecule has 2 unspecified atom stereocenters. The van der Waals surface area contributed by atoms with Crippen molar-refractivity contribution in [3.05, 3.63) is 35.4 Å². The maximum atomic E-state index is 12.1. The summed E-state index contributed by atoms with van der Waals surface area (Å²) in [5, 5.41) is 0. The molecule has 4 nitrogen and oxygen atoms in total. The molecule has 0 saturated carbocycles. The Kier molecular flexibility index (Phi) is 8.42. The molecule has 0 spiro atoms. The second-order valence-corrected chi connectivity index (χ2v) is 6.05. The average molecular weight is 342 g/mol. The van der Waals surface area contributed by atoms with Crippen LogP contribution in [-0.4, -0.2) is 36.7 Å². The summed E-state index contributed by atoms with van der Waals surface area (Å²) in [7, 11) is 0. The van der Waals surface area contributed by atoms with Gasteiger partial charge in [-0.25, -0.2) is 9.59 Å². The number of thiol groups is 2. The minimum absolute atomic E-state index is 0.155. The van der Waals surface area contributed by atoms with Gasteiger partial charge in [-0.3, -0.25) is 0 Å². The Labute approximate surface area is 142 Å². The van der Waals surface area contributed by atoms with Crippen LogP contribution in [0.2, 0.25) is 0 Å². The van der Waals surface area contributed by atoms with Crippen LogP contribution in [0.5, 0.6) is 0 Å². The van der Waals surface area contributed by atoms with Crippen molar-refractivity contribution in [3.8, 4) is 0 Å². The topological polar surface area (TPSA) is 52.6 Å². The zero-order chi connectivity index (χ0) is 16.5. The molecular weight excluding hydrogens is 320 g/mol. The highest BCUT2D eigenvalue weighted by atomic mass is 32.1. The summed E-state index contributed by atoms with van der Waals surface area (Å²) < 4.78 is 10.4. The van der Waals surface area contributed by atoms with E-state index in [0.717, 1.165) is 0 Å². The van der Waals surface area contributed by atoms with Gasteiger partial charge in [0.05, 0.1) is 24.3 Å². The van der Waals surface area contributed by atoms with E-state index in [2.05, 4.69) is 25.3 Å². The van der Waals surface area contributed by atoms with Crippen LogP contribution in [0.4, 0.5) is 0 Å². The van der Waals surface area contributed by atoms with Gasteiger partial charge in [-0.05, 0) is 35.5 Å². The van der Waals surface area contributed by atoms with Crippen LogP contribution in [0.15, 0.2) is 24.3 Å². The van der Waals surface area contributed by atoms with E-state index < -0.39 is 11.9 Å². The lowest BCUT2D eigenvalue weighted by atomic mass is 10.1. The molecule has 0 aliphatic heterocycles. The molecule has 1 aromatic rings. The molecule has 0 aliphatic rings. The number of rotatable bonds is 8. The van der Waals surface area contributed by atoms with Crippen molar-refractivity contribution in [3.63, 3.8) is 0 Å². The number of hydrogen-bond donors (Lipinski definition) is 2. The SMILES string of the molecule is CC(CS)COC(=O)c1ccccc1C(=O)OCC(C)CS. The fraction of sp³-hybridized carbons (Fsp3) is 0.500. The second kappa shape index (κ2) is 9.79. The van der Waals surface area contributed by atoms with E-state index in [-0.39, 0.29) is 36.2 Å². The number of benzene rings is 1. The highest BCUT2D eigenvalue weighted by Crippen LogP contribution is 2.13. The van der Waals surface area contributed by atoms with Gasteiger partial charge >= 0.3 is 11.9 Å². The van der Waals surface area contributed by atoms with Crippen LogP contribution < -0.4 is 0 Å². The van der Waals surface area contributed by atoms with Gasteiger partial charge in [-0.2, -0.15) is 25.3 Å². The maximum absolute atomic E-state index is 12.1. The lowest BCUT2D eigenvalue weighted by Crippen LogP contribution is -2.18. The monoisotopic (exact) mass is 342 g/mol. The van der Waals surface area contributed by atoms with Crippen LogP contribution in [0.25, 0.3) is 0 Å². The van der Waals surface area contributed by atoms with Crippen molar-refractivity contribution in [2.24, 2.45) is 11.8 Å². The first-order chi connectivity index (χ1) is 10.5. The minimum Gasteiger partial charge on any atom is -0.462 e. The first kappa shape index (κ1) is 18.9. The van der Waals surface area contributed by atoms with Crippen LogP contribution in [-0.2, 0) is 9.47 Å². The molecule has 0 aliphatic carbocycles. The van der Waals surface area contributed by atoms with E-state index in [1.54, 1.807) is 24.3 Å². The van der Waals surface area contributed by atoms with Crippen molar-refractivity contribution in [2.75, 3.05) is 24.7 Å². The van der Waals surface area contributed by atoms with Crippen LogP contribution >= 0.6 is 25.3 Å². The maximum Gasteiger partial charge on any atom is 0.339 e. The number of esters is 2. The largest absolute Gasteiger partial charge is 0.462 e. The number of carbonyl (C=O) groups is 2. The Morgan fingerprint density at radius 2 is 1.27 bits per heavy atom. The van der Waals surface area contributed by atoms with Gasteiger partial charge in [0, 0.05) is 0 Å². The van der Waals surface area contributed by atoms with E-state index in [9.17, 15) is 9.59 Å². The van der Waals surface area contributed by atoms with Crippen molar-refractivity contribution in [1.82, 2.24) is 0 Å². The van der Waals surface area contributed by atoms with Gasteiger partial charge in [0.2, 0.25) is 0 Å². The van der Waals surface area contributed by atoms with Gasteiger partial charge in [0.25, 0.3) is 0 Å². The second-order valence-electron chi connectivity index (χ2n) is 5.32. The van der Waals surface area contributed by atoms with Gasteiger partial charge in [-0.1, -0.05) is 26.0 Å². The zero-order valence-electron chi connectivity index (χ0n) is 12.8. The summed E-state index contributed by atoms with van der Waals surface area (Å²) >= 11 is 8.29. The van der Waals surface area contributed by atoms with Crippen molar-refractivity contribution in [1.29, 1.82) is 0 Å². The summed E-state index contributed by atoms with van der Waals surface area (Å²) in [6.07, 6.45) is 0. The predicted molar refractivity (Wildman–Crippen MR) is 93.0 cm³/mol. The predicted octanol–water partition coefficient (Wildman–Crippen LogP) is 3.13. The standard InChI is InChI=1S/C16H22O4S2/c1-11(9-21)7-19-15(17)13-5-3-4-6-14(13)16(18)20-8-12(2)10-22/h3-6,11-12,21-22H,7-10H2,1-2H3. The number of carbonyl (C=O) groups excluding carboxylic acids is 2. The molecule has 0 fully saturated rings. The Hall–Kier alpha value is -1.14. The van der Waals surface area contributed by atoms with E-state index in [0.29, 0.717) is 11.5 Å². The summed E-state index contributed by atoms with van der Waals surface area (Å²) in [6.45, 7) is 4.39. The van der Waals surface area contributed by atoms with E-state index >= 15 is 0 Å². The first-order valence-electron chi connectivity index (χ1n) is 7.14. The van der Waals surface area contributed by atoms with Gasteiger partial charge in [0.15, 0.2) is 0 Å². The first-order valence-corrected chi connectivity index (χ1v) is 8.41. The van der Waals surface area contributed by atoms with Gasteiger partial charge in [-0.15, -0.1) is 0 Å². The average Bonchev–Trinajstić information content (AvgIpc) is 2.56. The third kappa shape index (κ3) is 5.93. The van der Waals surface area contributed by atoms with Crippen LogP contribution in [0.1, 0.15) is 34.6 Å². The molecule has 0 aromatic heterocycles. The van der Waals surface area contributed by atoms with Gasteiger partial charge < -0.3 is 9.47 Å². The van der Waals surface area contributed by atoms with Crippen molar-refractivity contribution >= 4 is 37.2 Å². The Bertz CT molecular complexity index is 460. The molecule has 22 heavy (non-hydrogen) atoms. The molecular formula is C16H22O4S2.